The second kappa shape index (κ2) is 7.94. The van der Waals surface area contributed by atoms with Crippen LogP contribution in [-0.4, -0.2) is 31.7 Å². The average molecular weight is 373 g/mol. The molecule has 1 atom stereocenters. The van der Waals surface area contributed by atoms with E-state index in [-0.39, 0.29) is 11.1 Å². The van der Waals surface area contributed by atoms with Crippen molar-refractivity contribution in [3.05, 3.63) is 47.4 Å². The number of fused-ring (bicyclic) bond motifs is 1. The molecule has 0 saturated heterocycles. The molecule has 1 aliphatic carbocycles. The van der Waals surface area contributed by atoms with Crippen molar-refractivity contribution in [3.63, 3.8) is 0 Å². The zero-order valence-corrected chi connectivity index (χ0v) is 15.7. The van der Waals surface area contributed by atoms with Gasteiger partial charge in [0.1, 0.15) is 23.9 Å². The molecule has 0 spiro atoms. The summed E-state index contributed by atoms with van der Waals surface area (Å²) in [5, 5.41) is 3.44. The molecule has 0 radical (unpaired) electrons. The minimum Gasteiger partial charge on any atom is -0.489 e. The number of nitrogens with zero attached hydrogens (tertiary/aromatic N) is 1. The van der Waals surface area contributed by atoms with Gasteiger partial charge in [0, 0.05) is 36.3 Å². The van der Waals surface area contributed by atoms with E-state index in [2.05, 4.69) is 16.1 Å². The van der Waals surface area contributed by atoms with E-state index in [0.717, 1.165) is 48.1 Å². The molecule has 4 rings (SSSR count). The molecule has 2 heterocycles. The lowest BCUT2D eigenvalue weighted by Crippen LogP contribution is -2.12. The van der Waals surface area contributed by atoms with E-state index in [1.165, 1.54) is 30.5 Å². The third kappa shape index (κ3) is 4.03. The summed E-state index contributed by atoms with van der Waals surface area (Å²) in [6.45, 7) is 2.58. The second-order valence-corrected chi connectivity index (χ2v) is 8.04. The number of halogens is 1. The Kier molecular flexibility index (Phi) is 5.43. The van der Waals surface area contributed by atoms with Gasteiger partial charge in [-0.15, -0.1) is 0 Å². The molecule has 1 aromatic heterocycles. The fourth-order valence-corrected chi connectivity index (χ4v) is 4.09. The molecule has 1 aliphatic heterocycles. The van der Waals surface area contributed by atoms with Gasteiger partial charge >= 0.3 is 0 Å². The van der Waals surface area contributed by atoms with Gasteiger partial charge in [0.2, 0.25) is 0 Å². The summed E-state index contributed by atoms with van der Waals surface area (Å²) in [6, 6.07) is 8.66. The van der Waals surface area contributed by atoms with Crippen molar-refractivity contribution in [2.45, 2.75) is 24.5 Å². The summed E-state index contributed by atoms with van der Waals surface area (Å²) in [4.78, 5) is 4.82. The van der Waals surface area contributed by atoms with Crippen molar-refractivity contribution >= 4 is 11.9 Å². The van der Waals surface area contributed by atoms with Gasteiger partial charge in [0.15, 0.2) is 0 Å². The van der Waals surface area contributed by atoms with Gasteiger partial charge in [0.05, 0.1) is 5.25 Å². The summed E-state index contributed by atoms with van der Waals surface area (Å²) in [7, 11) is 1.94. The molecule has 1 aromatic carbocycles. The predicted octanol–water partition coefficient (Wildman–Crippen LogP) is 3.73. The molecule has 26 heavy (non-hydrogen) atoms. The fraction of sp³-hybridized carbons (Fsp3) is 0.450. The Bertz CT molecular complexity index is 764. The van der Waals surface area contributed by atoms with Crippen LogP contribution >= 0.6 is 11.9 Å². The first kappa shape index (κ1) is 17.8. The van der Waals surface area contributed by atoms with E-state index in [0.29, 0.717) is 6.61 Å². The third-order valence-corrected chi connectivity index (χ3v) is 5.83. The highest BCUT2D eigenvalue weighted by molar-refractivity contribution is 7.97. The standard InChI is InChI=1S/C20H24FN3OS/c1-22-9-8-16-10-17-18(26-23-11-13-2-3-13)12-25-20(17)19(24-16)14-4-6-15(21)7-5-14/h4-7,10,13,18,22-23H,2-3,8-9,11-12H2,1H3. The zero-order chi connectivity index (χ0) is 17.9. The van der Waals surface area contributed by atoms with Gasteiger partial charge in [-0.3, -0.25) is 4.72 Å². The molecule has 1 unspecified atom stereocenters. The Morgan fingerprint density at radius 3 is 2.81 bits per heavy atom. The molecule has 0 bridgehead atoms. The molecule has 2 N–H and O–H groups in total. The van der Waals surface area contributed by atoms with Gasteiger partial charge in [-0.25, -0.2) is 9.37 Å². The number of hydrogen-bond donors (Lipinski definition) is 2. The zero-order valence-electron chi connectivity index (χ0n) is 14.9. The van der Waals surface area contributed by atoms with Crippen molar-refractivity contribution in [1.29, 1.82) is 0 Å². The predicted molar refractivity (Wildman–Crippen MR) is 104 cm³/mol. The Hall–Kier alpha value is -1.63. The highest BCUT2D eigenvalue weighted by atomic mass is 32.2. The number of hydrogen-bond acceptors (Lipinski definition) is 5. The van der Waals surface area contributed by atoms with Gasteiger partial charge in [-0.05, 0) is 56.1 Å². The molecule has 1 saturated carbocycles. The van der Waals surface area contributed by atoms with Crippen LogP contribution in [0, 0.1) is 11.7 Å². The maximum absolute atomic E-state index is 13.3. The molecule has 2 aromatic rings. The quantitative estimate of drug-likeness (QED) is 0.691. The Morgan fingerprint density at radius 1 is 1.27 bits per heavy atom. The summed E-state index contributed by atoms with van der Waals surface area (Å²) in [5.41, 5.74) is 3.94. The van der Waals surface area contributed by atoms with Crippen molar-refractivity contribution in [1.82, 2.24) is 15.0 Å². The van der Waals surface area contributed by atoms with Crippen LogP contribution in [0.5, 0.6) is 5.75 Å². The highest BCUT2D eigenvalue weighted by Gasteiger charge is 2.30. The van der Waals surface area contributed by atoms with Crippen LogP contribution in [0.15, 0.2) is 30.3 Å². The van der Waals surface area contributed by atoms with Crippen LogP contribution in [-0.2, 0) is 6.42 Å². The van der Waals surface area contributed by atoms with E-state index in [1.807, 2.05) is 7.05 Å². The summed E-state index contributed by atoms with van der Waals surface area (Å²) in [5.74, 6) is 1.45. The number of nitrogens with one attached hydrogen (secondary N) is 2. The number of rotatable bonds is 8. The molecule has 1 fully saturated rings. The first-order chi connectivity index (χ1) is 12.7. The van der Waals surface area contributed by atoms with Crippen LogP contribution in [0.1, 0.15) is 29.3 Å². The largest absolute Gasteiger partial charge is 0.489 e. The molecule has 6 heteroatoms. The van der Waals surface area contributed by atoms with E-state index in [1.54, 1.807) is 24.1 Å². The summed E-state index contributed by atoms with van der Waals surface area (Å²) < 4.78 is 22.9. The Morgan fingerprint density at radius 2 is 2.08 bits per heavy atom. The number of likely N-dealkylation sites (N-methyl/N-ethyl adjacent to an activating group) is 1. The molecule has 4 nitrogen and oxygen atoms in total. The molecular formula is C20H24FN3OS. The smallest absolute Gasteiger partial charge is 0.150 e. The van der Waals surface area contributed by atoms with Crippen molar-refractivity contribution < 1.29 is 9.13 Å². The Balaban J connectivity index is 1.62. The average Bonchev–Trinajstić information content (AvgIpc) is 3.39. The van der Waals surface area contributed by atoms with E-state index in [9.17, 15) is 4.39 Å². The third-order valence-electron chi connectivity index (χ3n) is 4.82. The van der Waals surface area contributed by atoms with Crippen LogP contribution < -0.4 is 14.8 Å². The lowest BCUT2D eigenvalue weighted by atomic mass is 10.0. The monoisotopic (exact) mass is 373 g/mol. The summed E-state index contributed by atoms with van der Waals surface area (Å²) in [6.07, 6.45) is 3.54. The van der Waals surface area contributed by atoms with Crippen LogP contribution in [0.4, 0.5) is 4.39 Å². The number of ether oxygens (including phenoxy) is 1. The number of pyridine rings is 1. The minimum absolute atomic E-state index is 0.240. The van der Waals surface area contributed by atoms with Gasteiger partial charge in [-0.2, -0.15) is 0 Å². The normalized spacial score (nSPS) is 18.6. The van der Waals surface area contributed by atoms with E-state index in [4.69, 9.17) is 9.72 Å². The maximum atomic E-state index is 13.3. The molecular weight excluding hydrogens is 349 g/mol. The number of aromatic nitrogens is 1. The summed E-state index contributed by atoms with van der Waals surface area (Å²) >= 11 is 1.76. The molecule has 138 valence electrons. The Labute approximate surface area is 158 Å². The maximum Gasteiger partial charge on any atom is 0.150 e. The first-order valence-electron chi connectivity index (χ1n) is 9.20. The van der Waals surface area contributed by atoms with Crippen molar-refractivity contribution in [2.24, 2.45) is 5.92 Å². The lowest BCUT2D eigenvalue weighted by molar-refractivity contribution is 0.354. The van der Waals surface area contributed by atoms with Gasteiger partial charge in [-0.1, -0.05) is 11.9 Å². The molecule has 0 amide bonds. The number of benzene rings is 1. The fourth-order valence-electron chi connectivity index (χ4n) is 3.12. The van der Waals surface area contributed by atoms with E-state index < -0.39 is 0 Å². The van der Waals surface area contributed by atoms with Gasteiger partial charge in [0.25, 0.3) is 0 Å². The van der Waals surface area contributed by atoms with Gasteiger partial charge < -0.3 is 10.1 Å². The van der Waals surface area contributed by atoms with E-state index >= 15 is 0 Å². The van der Waals surface area contributed by atoms with Crippen LogP contribution in [0.3, 0.4) is 0 Å². The van der Waals surface area contributed by atoms with Crippen LogP contribution in [0.2, 0.25) is 0 Å². The minimum atomic E-state index is -0.240. The van der Waals surface area contributed by atoms with Crippen LogP contribution in [0.25, 0.3) is 11.3 Å². The second-order valence-electron chi connectivity index (χ2n) is 6.95. The highest BCUT2D eigenvalue weighted by Crippen LogP contribution is 2.45. The lowest BCUT2D eigenvalue weighted by Gasteiger charge is -2.13. The topological polar surface area (TPSA) is 46.2 Å². The van der Waals surface area contributed by atoms with Crippen molar-refractivity contribution in [2.75, 3.05) is 26.7 Å². The SMILES string of the molecule is CNCCc1cc2c(c(-c3ccc(F)cc3)n1)OCC2SNCC1CC1. The molecule has 2 aliphatic rings. The van der Waals surface area contributed by atoms with Crippen molar-refractivity contribution in [3.8, 4) is 17.0 Å². The first-order valence-corrected chi connectivity index (χ1v) is 10.1.